The van der Waals surface area contributed by atoms with Gasteiger partial charge in [0.25, 0.3) is 0 Å². The van der Waals surface area contributed by atoms with Crippen LogP contribution in [0, 0.1) is 23.2 Å². The average Bonchev–Trinajstić information content (AvgIpc) is 3.01. The smallest absolute Gasteiger partial charge is 0.315 e. The Kier molecular flexibility index (Phi) is 5.31. The molecule has 5 rings (SSSR count). The van der Waals surface area contributed by atoms with E-state index in [9.17, 15) is 4.79 Å². The number of rotatable bonds is 3. The number of allylic oxidation sites excluding steroid dienone is 1. The number of quaternary nitrogens is 1. The molecule has 3 nitrogen and oxygen atoms in total. The first kappa shape index (κ1) is 20.3. The van der Waals surface area contributed by atoms with E-state index in [4.69, 9.17) is 16.3 Å². The number of carbonyl (C=O) groups excluding carboxylic acids is 1. The Morgan fingerprint density at radius 2 is 2.07 bits per heavy atom. The maximum absolute atomic E-state index is 12.8. The molecule has 1 saturated heterocycles. The van der Waals surface area contributed by atoms with E-state index in [-0.39, 0.29) is 23.4 Å². The van der Waals surface area contributed by atoms with E-state index < -0.39 is 0 Å². The van der Waals surface area contributed by atoms with E-state index in [1.807, 2.05) is 12.1 Å². The summed E-state index contributed by atoms with van der Waals surface area (Å²) in [4.78, 5) is 14.3. The summed E-state index contributed by atoms with van der Waals surface area (Å²) in [5, 5.41) is 0.779. The Morgan fingerprint density at radius 3 is 2.80 bits per heavy atom. The Balaban J connectivity index is 1.26. The van der Waals surface area contributed by atoms with Gasteiger partial charge in [-0.1, -0.05) is 42.8 Å². The summed E-state index contributed by atoms with van der Waals surface area (Å²) >= 11 is 6.03. The number of hydrogen-bond donors (Lipinski definition) is 1. The van der Waals surface area contributed by atoms with Crippen LogP contribution < -0.4 is 4.90 Å². The normalized spacial score (nSPS) is 38.5. The van der Waals surface area contributed by atoms with Gasteiger partial charge < -0.3 is 9.64 Å². The third-order valence-electron chi connectivity index (χ3n) is 8.43. The zero-order valence-electron chi connectivity index (χ0n) is 18.0. The lowest BCUT2D eigenvalue weighted by Gasteiger charge is -2.50. The number of hydrogen-bond acceptors (Lipinski definition) is 2. The molecule has 30 heavy (non-hydrogen) atoms. The van der Waals surface area contributed by atoms with Crippen molar-refractivity contribution in [1.82, 2.24) is 0 Å². The first-order valence-electron chi connectivity index (χ1n) is 11.6. The van der Waals surface area contributed by atoms with Crippen LogP contribution in [0.15, 0.2) is 42.5 Å². The van der Waals surface area contributed by atoms with Crippen molar-refractivity contribution in [2.75, 3.05) is 19.6 Å². The van der Waals surface area contributed by atoms with E-state index in [0.717, 1.165) is 50.3 Å². The molecule has 4 heteroatoms. The second-order valence-electron chi connectivity index (χ2n) is 10.3. The number of ether oxygens (including phenoxy) is 1. The van der Waals surface area contributed by atoms with E-state index >= 15 is 0 Å². The lowest BCUT2D eigenvalue weighted by Crippen LogP contribution is -3.13. The van der Waals surface area contributed by atoms with Crippen LogP contribution in [0.25, 0.3) is 5.57 Å². The minimum absolute atomic E-state index is 0.0507. The number of nitrogens with one attached hydrogen (secondary N) is 1. The number of fused-ring (bicyclic) bond motifs is 2. The van der Waals surface area contributed by atoms with Gasteiger partial charge >= 0.3 is 5.97 Å². The minimum Gasteiger partial charge on any atom is -0.462 e. The first-order chi connectivity index (χ1) is 14.4. The molecule has 1 N–H and O–H groups in total. The highest BCUT2D eigenvalue weighted by molar-refractivity contribution is 6.30. The van der Waals surface area contributed by atoms with Crippen molar-refractivity contribution in [2.24, 2.45) is 23.2 Å². The third kappa shape index (κ3) is 3.65. The maximum atomic E-state index is 12.8. The quantitative estimate of drug-likeness (QED) is 0.576. The predicted octanol–water partition coefficient (Wildman–Crippen LogP) is 4.33. The fraction of sp³-hybridized carbons (Fsp3) is 0.577. The molecular weight excluding hydrogens is 394 g/mol. The molecule has 0 radical (unpaired) electrons. The van der Waals surface area contributed by atoms with Crippen LogP contribution >= 0.6 is 11.6 Å². The van der Waals surface area contributed by atoms with Crippen LogP contribution in [-0.4, -0.2) is 31.7 Å². The van der Waals surface area contributed by atoms with Crippen molar-refractivity contribution < 1.29 is 14.4 Å². The molecule has 0 amide bonds. The Morgan fingerprint density at radius 1 is 1.27 bits per heavy atom. The van der Waals surface area contributed by atoms with Crippen molar-refractivity contribution in [3.8, 4) is 0 Å². The fourth-order valence-electron chi connectivity index (χ4n) is 6.70. The summed E-state index contributed by atoms with van der Waals surface area (Å²) in [7, 11) is 0. The molecule has 2 heterocycles. The number of carbonyl (C=O) groups is 1. The van der Waals surface area contributed by atoms with E-state index in [1.165, 1.54) is 34.5 Å². The van der Waals surface area contributed by atoms with Gasteiger partial charge in [-0.2, -0.15) is 0 Å². The summed E-state index contributed by atoms with van der Waals surface area (Å²) in [6.45, 7) is 9.77. The van der Waals surface area contributed by atoms with Crippen molar-refractivity contribution in [1.29, 1.82) is 0 Å². The zero-order chi connectivity index (χ0) is 20.9. The molecule has 2 saturated carbocycles. The molecule has 0 aromatic heterocycles. The van der Waals surface area contributed by atoms with E-state index in [0.29, 0.717) is 11.8 Å². The van der Waals surface area contributed by atoms with Gasteiger partial charge in [0.2, 0.25) is 0 Å². The van der Waals surface area contributed by atoms with Gasteiger partial charge in [-0.15, -0.1) is 0 Å². The standard InChI is InChI=1S/C26H32ClNO2/c1-17-4-3-11-26(2)15-24-21(14-23(17)26)22(25(29)30-24)16-28-12-9-19(10-13-28)18-5-7-20(27)8-6-18/h5-9,21-24H,1,3-4,10-16H2,2H3/p+1/t21-,22+,23-,24-,26-/m1/s1. The molecule has 6 atom stereocenters. The topological polar surface area (TPSA) is 30.7 Å². The molecule has 3 fully saturated rings. The van der Waals surface area contributed by atoms with Crippen molar-refractivity contribution >= 4 is 23.1 Å². The van der Waals surface area contributed by atoms with Crippen molar-refractivity contribution in [3.63, 3.8) is 0 Å². The van der Waals surface area contributed by atoms with Gasteiger partial charge in [0, 0.05) is 17.4 Å². The lowest BCUT2D eigenvalue weighted by atomic mass is 9.55. The average molecular weight is 427 g/mol. The van der Waals surface area contributed by atoms with Gasteiger partial charge in [0.05, 0.1) is 19.6 Å². The predicted molar refractivity (Wildman–Crippen MR) is 120 cm³/mol. The highest BCUT2D eigenvalue weighted by Crippen LogP contribution is 2.56. The van der Waals surface area contributed by atoms with Crippen LogP contribution in [0.4, 0.5) is 0 Å². The van der Waals surface area contributed by atoms with Crippen LogP contribution in [0.5, 0.6) is 0 Å². The molecule has 0 bridgehead atoms. The van der Waals surface area contributed by atoms with Crippen molar-refractivity contribution in [2.45, 2.75) is 51.6 Å². The van der Waals surface area contributed by atoms with Crippen LogP contribution in [0.1, 0.15) is 51.0 Å². The van der Waals surface area contributed by atoms with Gasteiger partial charge in [0.1, 0.15) is 12.0 Å². The second-order valence-corrected chi connectivity index (χ2v) is 10.7. The number of halogens is 1. The summed E-state index contributed by atoms with van der Waals surface area (Å²) < 4.78 is 5.96. The lowest BCUT2D eigenvalue weighted by molar-refractivity contribution is -0.897. The van der Waals surface area contributed by atoms with Crippen LogP contribution in [0.3, 0.4) is 0 Å². The Labute approximate surface area is 185 Å². The van der Waals surface area contributed by atoms with E-state index in [1.54, 1.807) is 0 Å². The summed E-state index contributed by atoms with van der Waals surface area (Å²) in [6, 6.07) is 8.13. The molecule has 1 aromatic rings. The minimum atomic E-state index is 0.0507. The highest BCUT2D eigenvalue weighted by Gasteiger charge is 2.56. The third-order valence-corrected chi connectivity index (χ3v) is 8.68. The molecule has 0 spiro atoms. The van der Waals surface area contributed by atoms with Gasteiger partial charge in [-0.05, 0) is 72.8 Å². The number of esters is 1. The highest BCUT2D eigenvalue weighted by atomic mass is 35.5. The molecule has 2 aliphatic heterocycles. The molecule has 1 unspecified atom stereocenters. The second kappa shape index (κ2) is 7.84. The Bertz CT molecular complexity index is 876. The molecule has 4 aliphatic rings. The largest absolute Gasteiger partial charge is 0.462 e. The van der Waals surface area contributed by atoms with E-state index in [2.05, 4.69) is 31.7 Å². The summed E-state index contributed by atoms with van der Waals surface area (Å²) in [5.41, 5.74) is 4.36. The van der Waals surface area contributed by atoms with Crippen molar-refractivity contribution in [3.05, 3.63) is 53.1 Å². The molecule has 2 aliphatic carbocycles. The number of benzene rings is 1. The maximum Gasteiger partial charge on any atom is 0.315 e. The van der Waals surface area contributed by atoms with Gasteiger partial charge in [-0.25, -0.2) is 0 Å². The zero-order valence-corrected chi connectivity index (χ0v) is 18.7. The fourth-order valence-corrected chi connectivity index (χ4v) is 6.82. The summed E-state index contributed by atoms with van der Waals surface area (Å²) in [5.74, 6) is 1.05. The van der Waals surface area contributed by atoms with Crippen LogP contribution in [0.2, 0.25) is 5.02 Å². The molecule has 160 valence electrons. The SMILES string of the molecule is C=C1CCC[C@]2(C)C[C@H]3OC(=O)[C@@H](C[NH+]4CC=C(c5ccc(Cl)cc5)CC4)[C@H]3C[C@H]12. The Hall–Kier alpha value is -1.58. The van der Waals surface area contributed by atoms with Gasteiger partial charge in [-0.3, -0.25) is 4.79 Å². The molecular formula is C26H33ClNO2+. The first-order valence-corrected chi connectivity index (χ1v) is 12.0. The summed E-state index contributed by atoms with van der Waals surface area (Å²) in [6.07, 6.45) is 9.28. The monoisotopic (exact) mass is 426 g/mol. The van der Waals surface area contributed by atoms with Crippen LogP contribution in [-0.2, 0) is 9.53 Å². The van der Waals surface area contributed by atoms with Gasteiger partial charge in [0.15, 0.2) is 0 Å². The molecule has 1 aromatic carbocycles.